The van der Waals surface area contributed by atoms with Gasteiger partial charge in [-0.05, 0) is 38.1 Å². The number of hydrogen-bond donors (Lipinski definition) is 1. The number of amides is 1. The maximum Gasteiger partial charge on any atom is 0.237 e. The summed E-state index contributed by atoms with van der Waals surface area (Å²) in [5.74, 6) is 0.428. The van der Waals surface area contributed by atoms with Crippen molar-refractivity contribution in [2.45, 2.75) is 24.3 Å². The predicted molar refractivity (Wildman–Crippen MR) is 113 cm³/mol. The van der Waals surface area contributed by atoms with Gasteiger partial charge in [0, 0.05) is 5.39 Å². The molecule has 0 spiro atoms. The smallest absolute Gasteiger partial charge is 0.237 e. The zero-order valence-corrected chi connectivity index (χ0v) is 17.3. The molecule has 1 N–H and O–H groups in total. The third-order valence-electron chi connectivity index (χ3n) is 4.12. The van der Waals surface area contributed by atoms with Crippen LogP contribution in [0.3, 0.4) is 0 Å². The Labute approximate surface area is 175 Å². The maximum atomic E-state index is 12.7. The third-order valence-corrected chi connectivity index (χ3v) is 5.98. The van der Waals surface area contributed by atoms with E-state index in [1.54, 1.807) is 29.6 Å². The van der Waals surface area contributed by atoms with E-state index in [2.05, 4.69) is 20.4 Å². The number of nitrogens with zero attached hydrogens (tertiary/aromatic N) is 4. The van der Waals surface area contributed by atoms with E-state index in [0.717, 1.165) is 16.6 Å². The molecule has 2 aromatic heterocycles. The highest BCUT2D eigenvalue weighted by atomic mass is 35.5. The van der Waals surface area contributed by atoms with Gasteiger partial charge in [0.1, 0.15) is 5.82 Å². The molecule has 4 aromatic rings. The van der Waals surface area contributed by atoms with Crippen molar-refractivity contribution in [3.63, 3.8) is 0 Å². The summed E-state index contributed by atoms with van der Waals surface area (Å²) < 4.78 is 1.68. The van der Waals surface area contributed by atoms with Crippen LogP contribution in [0.2, 0.25) is 10.0 Å². The first kappa shape index (κ1) is 19.0. The van der Waals surface area contributed by atoms with Gasteiger partial charge < -0.3 is 5.32 Å². The average molecular weight is 432 g/mol. The third kappa shape index (κ3) is 3.53. The SMILES string of the molecule is Cc1nc2c3ccccc3nc(SC(C)C(=O)Nc3cccc(Cl)c3Cl)n2n1. The quantitative estimate of drug-likeness (QED) is 0.363. The molecular weight excluding hydrogens is 417 g/mol. The Kier molecular flexibility index (Phi) is 5.14. The molecule has 0 radical (unpaired) electrons. The molecule has 0 fully saturated rings. The number of anilines is 1. The summed E-state index contributed by atoms with van der Waals surface area (Å²) in [7, 11) is 0. The fraction of sp³-hybridized carbons (Fsp3) is 0.158. The summed E-state index contributed by atoms with van der Waals surface area (Å²) in [4.78, 5) is 21.9. The second-order valence-corrected chi connectivity index (χ2v) is 8.25. The Morgan fingerprint density at radius 2 is 1.93 bits per heavy atom. The van der Waals surface area contributed by atoms with Crippen molar-refractivity contribution in [3.05, 3.63) is 58.3 Å². The van der Waals surface area contributed by atoms with Crippen LogP contribution in [0.5, 0.6) is 0 Å². The number of rotatable bonds is 4. The fourth-order valence-electron chi connectivity index (χ4n) is 2.76. The summed E-state index contributed by atoms with van der Waals surface area (Å²) in [5.41, 5.74) is 1.99. The largest absolute Gasteiger partial charge is 0.324 e. The average Bonchev–Trinajstić information content (AvgIpc) is 3.07. The van der Waals surface area contributed by atoms with E-state index in [1.807, 2.05) is 31.2 Å². The molecule has 0 saturated heterocycles. The van der Waals surface area contributed by atoms with Crippen LogP contribution < -0.4 is 5.32 Å². The van der Waals surface area contributed by atoms with Crippen LogP contribution >= 0.6 is 35.0 Å². The molecule has 1 unspecified atom stereocenters. The van der Waals surface area contributed by atoms with Gasteiger partial charge in [0.05, 0.1) is 26.5 Å². The minimum Gasteiger partial charge on any atom is -0.324 e. The highest BCUT2D eigenvalue weighted by Crippen LogP contribution is 2.31. The lowest BCUT2D eigenvalue weighted by Gasteiger charge is -2.14. The number of halogens is 2. The first-order valence-electron chi connectivity index (χ1n) is 8.47. The lowest BCUT2D eigenvalue weighted by atomic mass is 10.2. The van der Waals surface area contributed by atoms with Crippen LogP contribution in [0, 0.1) is 6.92 Å². The van der Waals surface area contributed by atoms with Gasteiger partial charge in [-0.15, -0.1) is 5.10 Å². The van der Waals surface area contributed by atoms with E-state index >= 15 is 0 Å². The monoisotopic (exact) mass is 431 g/mol. The van der Waals surface area contributed by atoms with E-state index in [0.29, 0.717) is 26.7 Å². The summed E-state index contributed by atoms with van der Waals surface area (Å²) in [6, 6.07) is 12.8. The number of carbonyl (C=O) groups is 1. The molecule has 2 aromatic carbocycles. The van der Waals surface area contributed by atoms with Gasteiger partial charge in [-0.3, -0.25) is 4.79 Å². The highest BCUT2D eigenvalue weighted by Gasteiger charge is 2.20. The topological polar surface area (TPSA) is 72.2 Å². The number of benzene rings is 2. The van der Waals surface area contributed by atoms with E-state index in [9.17, 15) is 4.79 Å². The number of hydrogen-bond acceptors (Lipinski definition) is 5. The number of aryl methyl sites for hydroxylation is 1. The molecule has 6 nitrogen and oxygen atoms in total. The molecule has 0 aliphatic rings. The summed E-state index contributed by atoms with van der Waals surface area (Å²) in [6.07, 6.45) is 0. The van der Waals surface area contributed by atoms with Crippen molar-refractivity contribution < 1.29 is 4.79 Å². The van der Waals surface area contributed by atoms with Crippen LogP contribution in [0.15, 0.2) is 47.6 Å². The molecule has 142 valence electrons. The van der Waals surface area contributed by atoms with Crippen molar-refractivity contribution in [2.24, 2.45) is 0 Å². The molecule has 0 aliphatic carbocycles. The van der Waals surface area contributed by atoms with E-state index in [4.69, 9.17) is 23.2 Å². The standard InChI is InChI=1S/C19H15Cl2N5OS/c1-10(18(27)23-15-9-5-7-13(20)16(15)21)28-19-24-14-8-4-3-6-12(14)17-22-11(2)25-26(17)19/h3-10H,1-2H3,(H,23,27). The van der Waals surface area contributed by atoms with E-state index in [-0.39, 0.29) is 5.91 Å². The van der Waals surface area contributed by atoms with Gasteiger partial charge in [-0.25, -0.2) is 9.97 Å². The van der Waals surface area contributed by atoms with Crippen molar-refractivity contribution in [1.29, 1.82) is 0 Å². The Balaban J connectivity index is 1.65. The Morgan fingerprint density at radius 1 is 1.14 bits per heavy atom. The van der Waals surface area contributed by atoms with Gasteiger partial charge >= 0.3 is 0 Å². The van der Waals surface area contributed by atoms with E-state index < -0.39 is 5.25 Å². The Hall–Kier alpha value is -2.35. The number of carbonyl (C=O) groups excluding carboxylic acids is 1. The Bertz CT molecular complexity index is 1210. The van der Waals surface area contributed by atoms with Crippen molar-refractivity contribution >= 4 is 63.1 Å². The van der Waals surface area contributed by atoms with Gasteiger partial charge in [-0.1, -0.05) is 53.2 Å². The zero-order chi connectivity index (χ0) is 19.8. The van der Waals surface area contributed by atoms with Gasteiger partial charge in [0.15, 0.2) is 10.8 Å². The first-order valence-corrected chi connectivity index (χ1v) is 10.1. The van der Waals surface area contributed by atoms with Gasteiger partial charge in [0.25, 0.3) is 0 Å². The molecule has 4 rings (SSSR count). The molecule has 1 atom stereocenters. The number of fused-ring (bicyclic) bond motifs is 3. The maximum absolute atomic E-state index is 12.7. The number of para-hydroxylation sites is 1. The van der Waals surface area contributed by atoms with Crippen molar-refractivity contribution in [3.8, 4) is 0 Å². The highest BCUT2D eigenvalue weighted by molar-refractivity contribution is 8.00. The van der Waals surface area contributed by atoms with Crippen LogP contribution in [-0.4, -0.2) is 30.7 Å². The molecule has 0 aliphatic heterocycles. The van der Waals surface area contributed by atoms with Crippen LogP contribution in [0.4, 0.5) is 5.69 Å². The second kappa shape index (κ2) is 7.58. The van der Waals surface area contributed by atoms with Crippen LogP contribution in [0.25, 0.3) is 16.6 Å². The Morgan fingerprint density at radius 3 is 2.75 bits per heavy atom. The van der Waals surface area contributed by atoms with Gasteiger partial charge in [0.2, 0.25) is 5.91 Å². The lowest BCUT2D eigenvalue weighted by molar-refractivity contribution is -0.115. The first-order chi connectivity index (χ1) is 13.4. The summed E-state index contributed by atoms with van der Waals surface area (Å²) in [5, 5.41) is 9.00. The molecule has 0 saturated carbocycles. The normalized spacial score (nSPS) is 12.4. The lowest BCUT2D eigenvalue weighted by Crippen LogP contribution is -2.23. The second-order valence-electron chi connectivity index (χ2n) is 6.16. The summed E-state index contributed by atoms with van der Waals surface area (Å²) in [6.45, 7) is 3.62. The number of aromatic nitrogens is 4. The zero-order valence-electron chi connectivity index (χ0n) is 15.0. The fourth-order valence-corrected chi connectivity index (χ4v) is 3.96. The van der Waals surface area contributed by atoms with Crippen molar-refractivity contribution in [1.82, 2.24) is 19.6 Å². The molecule has 2 heterocycles. The predicted octanol–water partition coefficient (Wildman–Crippen LogP) is 5.01. The molecule has 1 amide bonds. The van der Waals surface area contributed by atoms with E-state index in [1.165, 1.54) is 11.8 Å². The molecular formula is C19H15Cl2N5OS. The summed E-state index contributed by atoms with van der Waals surface area (Å²) >= 11 is 13.5. The van der Waals surface area contributed by atoms with Gasteiger partial charge in [-0.2, -0.15) is 4.52 Å². The van der Waals surface area contributed by atoms with Crippen molar-refractivity contribution in [2.75, 3.05) is 5.32 Å². The molecule has 28 heavy (non-hydrogen) atoms. The molecule has 0 bridgehead atoms. The van der Waals surface area contributed by atoms with Crippen LogP contribution in [-0.2, 0) is 4.79 Å². The number of thioether (sulfide) groups is 1. The minimum atomic E-state index is -0.448. The number of nitrogens with one attached hydrogen (secondary N) is 1. The molecule has 9 heteroatoms. The van der Waals surface area contributed by atoms with Crippen LogP contribution in [0.1, 0.15) is 12.7 Å². The minimum absolute atomic E-state index is 0.214.